The van der Waals surface area contributed by atoms with Crippen LogP contribution in [0.3, 0.4) is 0 Å². The van der Waals surface area contributed by atoms with Crippen LogP contribution in [0.15, 0.2) is 35.8 Å². The van der Waals surface area contributed by atoms with E-state index in [0.29, 0.717) is 0 Å². The summed E-state index contributed by atoms with van der Waals surface area (Å²) in [6, 6.07) is 8.29. The van der Waals surface area contributed by atoms with E-state index in [1.807, 2.05) is 28.6 Å². The first-order valence-corrected chi connectivity index (χ1v) is 12.6. The summed E-state index contributed by atoms with van der Waals surface area (Å²) in [6.07, 6.45) is 1.82. The van der Waals surface area contributed by atoms with Crippen LogP contribution in [-0.4, -0.2) is 50.2 Å². The molecule has 3 rings (SSSR count). The molecule has 1 aromatic carbocycles. The number of amides is 2. The maximum absolute atomic E-state index is 12.4. The summed E-state index contributed by atoms with van der Waals surface area (Å²) >= 11 is 1.64. The molecule has 0 saturated carbocycles. The summed E-state index contributed by atoms with van der Waals surface area (Å²) in [5.41, 5.74) is 0.865. The second kappa shape index (κ2) is 6.94. The lowest BCUT2D eigenvalue weighted by Gasteiger charge is -2.34. The number of anilines is 2. The van der Waals surface area contributed by atoms with Gasteiger partial charge in [-0.1, -0.05) is 37.0 Å². The van der Waals surface area contributed by atoms with Crippen LogP contribution >= 0.6 is 11.3 Å². The fourth-order valence-electron chi connectivity index (χ4n) is 2.73. The Hall–Kier alpha value is -1.86. The molecule has 0 spiro atoms. The van der Waals surface area contributed by atoms with Crippen LogP contribution in [0.5, 0.6) is 0 Å². The highest BCUT2D eigenvalue weighted by Crippen LogP contribution is 2.19. The Bertz CT molecular complexity index is 674. The molecule has 1 fully saturated rings. The van der Waals surface area contributed by atoms with E-state index in [1.165, 1.54) is 5.19 Å². The molecule has 1 aliphatic rings. The number of nitrogens with one attached hydrogen (secondary N) is 1. The van der Waals surface area contributed by atoms with Crippen molar-refractivity contribution >= 4 is 41.4 Å². The van der Waals surface area contributed by atoms with E-state index in [2.05, 4.69) is 47.0 Å². The lowest BCUT2D eigenvalue weighted by Crippen LogP contribution is -2.50. The van der Waals surface area contributed by atoms with Gasteiger partial charge in [-0.05, 0) is 12.1 Å². The Labute approximate surface area is 148 Å². The Kier molecular flexibility index (Phi) is 4.91. The van der Waals surface area contributed by atoms with E-state index in [-0.39, 0.29) is 6.03 Å². The standard InChI is InChI=1S/C17H24N4OSSi/c1-24(2,3)15-6-4-14(5-7-15)19-16(22)20-9-11-21(12-10-20)17-18-8-13-23-17/h4-8,13H,9-12H2,1-3H3,(H,19,22). The van der Waals surface area contributed by atoms with E-state index >= 15 is 0 Å². The summed E-state index contributed by atoms with van der Waals surface area (Å²) in [4.78, 5) is 20.9. The zero-order valence-corrected chi connectivity index (χ0v) is 16.3. The maximum atomic E-state index is 12.4. The quantitative estimate of drug-likeness (QED) is 0.856. The van der Waals surface area contributed by atoms with Crippen LogP contribution in [-0.2, 0) is 0 Å². The predicted octanol–water partition coefficient (Wildman–Crippen LogP) is 3.04. The normalized spacial score (nSPS) is 15.5. The molecule has 2 amide bonds. The van der Waals surface area contributed by atoms with E-state index in [0.717, 1.165) is 37.0 Å². The number of carbonyl (C=O) groups excluding carboxylic acids is 1. The number of hydrogen-bond donors (Lipinski definition) is 1. The second-order valence-electron chi connectivity index (χ2n) is 7.05. The molecule has 2 heterocycles. The van der Waals surface area contributed by atoms with Gasteiger partial charge in [0, 0.05) is 43.4 Å². The summed E-state index contributed by atoms with van der Waals surface area (Å²) in [6.45, 7) is 10.1. The van der Waals surface area contributed by atoms with Crippen molar-refractivity contribution < 1.29 is 4.79 Å². The number of thiazole rings is 1. The number of piperazine rings is 1. The molecule has 1 N–H and O–H groups in total. The molecule has 0 bridgehead atoms. The second-order valence-corrected chi connectivity index (χ2v) is 13.0. The number of nitrogens with zero attached hydrogens (tertiary/aromatic N) is 3. The summed E-state index contributed by atoms with van der Waals surface area (Å²) in [7, 11) is -1.30. The Morgan fingerprint density at radius 2 is 1.79 bits per heavy atom. The van der Waals surface area contributed by atoms with Crippen LogP contribution < -0.4 is 15.4 Å². The van der Waals surface area contributed by atoms with Gasteiger partial charge in [0.05, 0.1) is 8.07 Å². The highest BCUT2D eigenvalue weighted by molar-refractivity contribution is 7.13. The average Bonchev–Trinajstić information content (AvgIpc) is 3.09. The van der Waals surface area contributed by atoms with Crippen LogP contribution in [0, 0.1) is 0 Å². The predicted molar refractivity (Wildman–Crippen MR) is 104 cm³/mol. The summed E-state index contributed by atoms with van der Waals surface area (Å²) in [5, 5.41) is 7.43. The van der Waals surface area contributed by atoms with Crippen LogP contribution in [0.1, 0.15) is 0 Å². The first-order valence-electron chi connectivity index (χ1n) is 8.24. The fourth-order valence-corrected chi connectivity index (χ4v) is 4.59. The van der Waals surface area contributed by atoms with Gasteiger partial charge in [0.1, 0.15) is 0 Å². The van der Waals surface area contributed by atoms with Gasteiger partial charge < -0.3 is 15.1 Å². The Morgan fingerprint density at radius 3 is 2.33 bits per heavy atom. The topological polar surface area (TPSA) is 48.5 Å². The molecule has 1 saturated heterocycles. The lowest BCUT2D eigenvalue weighted by molar-refractivity contribution is 0.208. The zero-order chi connectivity index (χ0) is 17.2. The van der Waals surface area contributed by atoms with Crippen molar-refractivity contribution in [2.75, 3.05) is 36.4 Å². The van der Waals surface area contributed by atoms with Crippen molar-refractivity contribution in [2.45, 2.75) is 19.6 Å². The number of hydrogen-bond acceptors (Lipinski definition) is 4. The van der Waals surface area contributed by atoms with Crippen molar-refractivity contribution in [2.24, 2.45) is 0 Å². The monoisotopic (exact) mass is 360 g/mol. The van der Waals surface area contributed by atoms with Crippen LogP contribution in [0.4, 0.5) is 15.6 Å². The fraction of sp³-hybridized carbons (Fsp3) is 0.412. The molecule has 7 heteroatoms. The van der Waals surface area contributed by atoms with E-state index in [4.69, 9.17) is 0 Å². The molecule has 128 valence electrons. The number of aromatic nitrogens is 1. The van der Waals surface area contributed by atoms with Gasteiger partial charge in [0.2, 0.25) is 0 Å². The van der Waals surface area contributed by atoms with Crippen LogP contribution in [0.2, 0.25) is 19.6 Å². The molecule has 0 unspecified atom stereocenters. The third-order valence-electron chi connectivity index (χ3n) is 4.26. The SMILES string of the molecule is C[Si](C)(C)c1ccc(NC(=O)N2CCN(c3nccs3)CC2)cc1. The summed E-state index contributed by atoms with van der Waals surface area (Å²) < 4.78 is 0. The molecule has 0 radical (unpaired) electrons. The highest BCUT2D eigenvalue weighted by Gasteiger charge is 2.22. The molecule has 24 heavy (non-hydrogen) atoms. The maximum Gasteiger partial charge on any atom is 0.321 e. The third kappa shape index (κ3) is 3.96. The molecule has 0 atom stereocenters. The third-order valence-corrected chi connectivity index (χ3v) is 7.16. The highest BCUT2D eigenvalue weighted by atomic mass is 32.1. The van der Waals surface area contributed by atoms with Gasteiger partial charge in [0.25, 0.3) is 0 Å². The Morgan fingerprint density at radius 1 is 1.12 bits per heavy atom. The van der Waals surface area contributed by atoms with Crippen molar-refractivity contribution in [3.05, 3.63) is 35.8 Å². The molecule has 1 aromatic heterocycles. The minimum Gasteiger partial charge on any atom is -0.345 e. The van der Waals surface area contributed by atoms with Gasteiger partial charge in [-0.15, -0.1) is 11.3 Å². The largest absolute Gasteiger partial charge is 0.345 e. The van der Waals surface area contributed by atoms with Gasteiger partial charge in [-0.25, -0.2) is 9.78 Å². The minimum absolute atomic E-state index is 0.0189. The Balaban J connectivity index is 1.54. The molecular formula is C17H24N4OSSi. The number of urea groups is 1. The van der Waals surface area contributed by atoms with Crippen molar-refractivity contribution in [3.63, 3.8) is 0 Å². The molecule has 1 aliphatic heterocycles. The van der Waals surface area contributed by atoms with E-state index < -0.39 is 8.07 Å². The van der Waals surface area contributed by atoms with Gasteiger partial charge in [-0.2, -0.15) is 0 Å². The molecular weight excluding hydrogens is 336 g/mol. The van der Waals surface area contributed by atoms with Crippen LogP contribution in [0.25, 0.3) is 0 Å². The number of benzene rings is 1. The van der Waals surface area contributed by atoms with Gasteiger partial charge >= 0.3 is 6.03 Å². The number of rotatable bonds is 3. The molecule has 2 aromatic rings. The first-order chi connectivity index (χ1) is 11.4. The smallest absolute Gasteiger partial charge is 0.321 e. The molecule has 5 nitrogen and oxygen atoms in total. The van der Waals surface area contributed by atoms with Crippen molar-refractivity contribution in [1.29, 1.82) is 0 Å². The van der Waals surface area contributed by atoms with E-state index in [1.54, 1.807) is 11.3 Å². The average molecular weight is 361 g/mol. The van der Waals surface area contributed by atoms with Gasteiger partial charge in [0.15, 0.2) is 5.13 Å². The molecule has 0 aliphatic carbocycles. The number of carbonyl (C=O) groups is 1. The first kappa shape index (κ1) is 17.0. The van der Waals surface area contributed by atoms with Crippen molar-refractivity contribution in [1.82, 2.24) is 9.88 Å². The zero-order valence-electron chi connectivity index (χ0n) is 14.5. The van der Waals surface area contributed by atoms with E-state index in [9.17, 15) is 4.79 Å². The lowest BCUT2D eigenvalue weighted by atomic mass is 10.3. The van der Waals surface area contributed by atoms with Crippen molar-refractivity contribution in [3.8, 4) is 0 Å². The van der Waals surface area contributed by atoms with Gasteiger partial charge in [-0.3, -0.25) is 0 Å². The minimum atomic E-state index is -1.30. The summed E-state index contributed by atoms with van der Waals surface area (Å²) in [5.74, 6) is 0.